The van der Waals surface area contributed by atoms with Crippen LogP contribution in [0.1, 0.15) is 23.2 Å². The Morgan fingerprint density at radius 3 is 2.60 bits per heavy atom. The Labute approximate surface area is 115 Å². The molecule has 2 bridgehead atoms. The van der Waals surface area contributed by atoms with Crippen LogP contribution in [0.15, 0.2) is 12.1 Å². The molecular weight excluding hydrogens is 264 g/mol. The number of anilines is 1. The zero-order valence-electron chi connectivity index (χ0n) is 11.0. The lowest BCUT2D eigenvalue weighted by Crippen LogP contribution is -2.57. The highest BCUT2D eigenvalue weighted by molar-refractivity contribution is 5.95. The number of rotatable bonds is 2. The van der Waals surface area contributed by atoms with Gasteiger partial charge in [-0.05, 0) is 44.0 Å². The number of nitrogens with two attached hydrogens (primary N) is 1. The zero-order chi connectivity index (χ0) is 14.3. The molecule has 108 valence electrons. The van der Waals surface area contributed by atoms with Crippen molar-refractivity contribution in [3.05, 3.63) is 29.3 Å². The highest BCUT2D eigenvalue weighted by Crippen LogP contribution is 2.28. The van der Waals surface area contributed by atoms with E-state index in [0.717, 1.165) is 44.6 Å². The van der Waals surface area contributed by atoms with E-state index < -0.39 is 17.5 Å². The third kappa shape index (κ3) is 2.35. The number of halogens is 2. The number of hydrogen-bond acceptors (Lipinski definition) is 3. The average Bonchev–Trinajstić information content (AvgIpc) is 2.44. The minimum absolute atomic E-state index is 0.00823. The number of amides is 1. The molecule has 6 heteroatoms. The van der Waals surface area contributed by atoms with Crippen LogP contribution in [0.3, 0.4) is 0 Å². The minimum atomic E-state index is -0.856. The quantitative estimate of drug-likeness (QED) is 0.805. The Balaban J connectivity index is 1.77. The predicted octanol–water partition coefficient (Wildman–Crippen LogP) is 1.37. The molecule has 0 aliphatic carbocycles. The molecule has 20 heavy (non-hydrogen) atoms. The Bertz CT molecular complexity index is 541. The van der Waals surface area contributed by atoms with E-state index in [4.69, 9.17) is 5.73 Å². The first kappa shape index (κ1) is 13.3. The van der Waals surface area contributed by atoms with Crippen LogP contribution in [0.5, 0.6) is 0 Å². The standard InChI is InChI=1S/C14H17F2N3O/c15-9-5-10(13(16)11(17)6-9)14(20)18-12-7-19-3-1-8(12)2-4-19/h5-6,8,12H,1-4,7,17H2,(H,18,20). The number of nitrogens with zero attached hydrogens (tertiary/aromatic N) is 1. The number of nitrogens with one attached hydrogen (secondary N) is 1. The molecule has 1 aromatic carbocycles. The van der Waals surface area contributed by atoms with Crippen molar-refractivity contribution in [2.45, 2.75) is 18.9 Å². The fourth-order valence-electron chi connectivity index (χ4n) is 3.15. The van der Waals surface area contributed by atoms with E-state index in [0.29, 0.717) is 5.92 Å². The maximum atomic E-state index is 13.8. The smallest absolute Gasteiger partial charge is 0.254 e. The van der Waals surface area contributed by atoms with Crippen LogP contribution >= 0.6 is 0 Å². The molecule has 3 heterocycles. The van der Waals surface area contributed by atoms with Gasteiger partial charge in [-0.2, -0.15) is 0 Å². The number of fused-ring (bicyclic) bond motifs is 3. The van der Waals surface area contributed by atoms with Gasteiger partial charge in [-0.1, -0.05) is 0 Å². The first-order chi connectivity index (χ1) is 9.54. The van der Waals surface area contributed by atoms with Crippen LogP contribution < -0.4 is 11.1 Å². The van der Waals surface area contributed by atoms with Crippen LogP contribution in [-0.2, 0) is 0 Å². The van der Waals surface area contributed by atoms with Crippen molar-refractivity contribution in [1.29, 1.82) is 0 Å². The van der Waals surface area contributed by atoms with Crippen molar-refractivity contribution < 1.29 is 13.6 Å². The number of hydrogen-bond donors (Lipinski definition) is 2. The molecule has 1 unspecified atom stereocenters. The summed E-state index contributed by atoms with van der Waals surface area (Å²) in [6.07, 6.45) is 2.08. The van der Waals surface area contributed by atoms with Gasteiger partial charge in [0.15, 0.2) is 5.82 Å². The molecule has 3 aliphatic heterocycles. The first-order valence-corrected chi connectivity index (χ1v) is 6.82. The average molecular weight is 281 g/mol. The van der Waals surface area contributed by atoms with Crippen LogP contribution in [0, 0.1) is 17.6 Å². The molecule has 3 fully saturated rings. The van der Waals surface area contributed by atoms with Gasteiger partial charge in [-0.15, -0.1) is 0 Å². The molecule has 0 spiro atoms. The van der Waals surface area contributed by atoms with E-state index in [2.05, 4.69) is 10.2 Å². The molecular formula is C14H17F2N3O. The summed E-state index contributed by atoms with van der Waals surface area (Å²) in [6, 6.07) is 1.77. The summed E-state index contributed by atoms with van der Waals surface area (Å²) < 4.78 is 27.1. The Hall–Kier alpha value is -1.69. The lowest BCUT2D eigenvalue weighted by atomic mass is 9.84. The van der Waals surface area contributed by atoms with E-state index in [9.17, 15) is 13.6 Å². The molecule has 0 saturated carbocycles. The van der Waals surface area contributed by atoms with E-state index >= 15 is 0 Å². The first-order valence-electron chi connectivity index (χ1n) is 6.82. The van der Waals surface area contributed by atoms with Crippen molar-refractivity contribution in [3.8, 4) is 0 Å². The van der Waals surface area contributed by atoms with Crippen molar-refractivity contribution in [2.75, 3.05) is 25.4 Å². The van der Waals surface area contributed by atoms with E-state index in [1.165, 1.54) is 0 Å². The van der Waals surface area contributed by atoms with Crippen LogP contribution in [0.4, 0.5) is 14.5 Å². The largest absolute Gasteiger partial charge is 0.396 e. The molecule has 1 amide bonds. The SMILES string of the molecule is Nc1cc(F)cc(C(=O)NC2CN3CCC2CC3)c1F. The van der Waals surface area contributed by atoms with E-state index in [-0.39, 0.29) is 17.3 Å². The molecule has 0 radical (unpaired) electrons. The summed E-state index contributed by atoms with van der Waals surface area (Å²) in [5.74, 6) is -1.72. The van der Waals surface area contributed by atoms with Gasteiger partial charge in [0, 0.05) is 12.6 Å². The third-order valence-electron chi connectivity index (χ3n) is 4.28. The van der Waals surface area contributed by atoms with Gasteiger partial charge in [0.2, 0.25) is 0 Å². The maximum absolute atomic E-state index is 13.8. The Kier molecular flexibility index (Phi) is 3.33. The van der Waals surface area contributed by atoms with Gasteiger partial charge >= 0.3 is 0 Å². The molecule has 3 N–H and O–H groups in total. The Morgan fingerprint density at radius 1 is 1.30 bits per heavy atom. The maximum Gasteiger partial charge on any atom is 0.254 e. The zero-order valence-corrected chi connectivity index (χ0v) is 11.0. The summed E-state index contributed by atoms with van der Waals surface area (Å²) in [4.78, 5) is 14.4. The lowest BCUT2D eigenvalue weighted by molar-refractivity contribution is 0.0618. The van der Waals surface area contributed by atoms with Crippen molar-refractivity contribution in [3.63, 3.8) is 0 Å². The highest BCUT2D eigenvalue weighted by atomic mass is 19.1. The third-order valence-corrected chi connectivity index (χ3v) is 4.28. The molecule has 4 nitrogen and oxygen atoms in total. The van der Waals surface area contributed by atoms with Gasteiger partial charge < -0.3 is 16.0 Å². The van der Waals surface area contributed by atoms with Crippen molar-refractivity contribution in [2.24, 2.45) is 5.92 Å². The summed E-state index contributed by atoms with van der Waals surface area (Å²) >= 11 is 0. The normalized spacial score (nSPS) is 28.4. The minimum Gasteiger partial charge on any atom is -0.396 e. The van der Waals surface area contributed by atoms with Crippen LogP contribution in [-0.4, -0.2) is 36.5 Å². The molecule has 3 saturated heterocycles. The number of carbonyl (C=O) groups excluding carboxylic acids is 1. The van der Waals surface area contributed by atoms with Crippen molar-refractivity contribution in [1.82, 2.24) is 10.2 Å². The monoisotopic (exact) mass is 281 g/mol. The second-order valence-electron chi connectivity index (χ2n) is 5.57. The van der Waals surface area contributed by atoms with E-state index in [1.54, 1.807) is 0 Å². The van der Waals surface area contributed by atoms with Gasteiger partial charge in [-0.25, -0.2) is 8.78 Å². The number of piperidine rings is 3. The van der Waals surface area contributed by atoms with Crippen LogP contribution in [0.25, 0.3) is 0 Å². The fraction of sp³-hybridized carbons (Fsp3) is 0.500. The number of nitrogen functional groups attached to an aromatic ring is 1. The number of benzene rings is 1. The van der Waals surface area contributed by atoms with Gasteiger partial charge in [0.1, 0.15) is 5.82 Å². The summed E-state index contributed by atoms with van der Waals surface area (Å²) in [5.41, 5.74) is 4.69. The second kappa shape index (κ2) is 5.01. The van der Waals surface area contributed by atoms with E-state index in [1.807, 2.05) is 0 Å². The summed E-state index contributed by atoms with van der Waals surface area (Å²) in [7, 11) is 0. The fourth-order valence-corrected chi connectivity index (χ4v) is 3.15. The lowest BCUT2D eigenvalue weighted by Gasteiger charge is -2.44. The molecule has 4 rings (SSSR count). The molecule has 1 atom stereocenters. The second-order valence-corrected chi connectivity index (χ2v) is 5.57. The van der Waals surface area contributed by atoms with Gasteiger partial charge in [0.05, 0.1) is 11.3 Å². The van der Waals surface area contributed by atoms with Gasteiger partial charge in [-0.3, -0.25) is 4.79 Å². The molecule has 1 aromatic rings. The van der Waals surface area contributed by atoms with Gasteiger partial charge in [0.25, 0.3) is 5.91 Å². The number of carbonyl (C=O) groups is 1. The summed E-state index contributed by atoms with van der Waals surface area (Å²) in [5, 5.41) is 2.82. The highest BCUT2D eigenvalue weighted by Gasteiger charge is 2.35. The van der Waals surface area contributed by atoms with Crippen molar-refractivity contribution >= 4 is 11.6 Å². The predicted molar refractivity (Wildman–Crippen MR) is 71.2 cm³/mol. The molecule has 3 aliphatic rings. The Morgan fingerprint density at radius 2 is 2.00 bits per heavy atom. The molecule has 0 aromatic heterocycles. The van der Waals surface area contributed by atoms with Crippen LogP contribution in [0.2, 0.25) is 0 Å². The summed E-state index contributed by atoms with van der Waals surface area (Å²) in [6.45, 7) is 2.89. The topological polar surface area (TPSA) is 58.4 Å².